The number of rotatable bonds is 5. The summed E-state index contributed by atoms with van der Waals surface area (Å²) in [7, 11) is -3.69. The van der Waals surface area contributed by atoms with Gasteiger partial charge in [0.15, 0.2) is 0 Å². The first-order valence-electron chi connectivity index (χ1n) is 7.08. The van der Waals surface area contributed by atoms with E-state index < -0.39 is 10.0 Å². The summed E-state index contributed by atoms with van der Waals surface area (Å²) < 4.78 is 32.2. The van der Waals surface area contributed by atoms with E-state index in [4.69, 9.17) is 4.52 Å². The van der Waals surface area contributed by atoms with E-state index in [1.807, 2.05) is 29.0 Å². The summed E-state index contributed by atoms with van der Waals surface area (Å²) in [5.41, 5.74) is 2.58. The van der Waals surface area contributed by atoms with Gasteiger partial charge in [-0.25, -0.2) is 13.1 Å². The molecule has 0 amide bonds. The van der Waals surface area contributed by atoms with E-state index >= 15 is 0 Å². The minimum atomic E-state index is -3.69. The molecule has 0 aliphatic rings. The number of benzene rings is 1. The number of hydrogen-bond acceptors (Lipinski definition) is 5. The van der Waals surface area contributed by atoms with Gasteiger partial charge in [0.1, 0.15) is 5.69 Å². The Kier molecular flexibility index (Phi) is 4.23. The second kappa shape index (κ2) is 6.17. The number of hydrogen-bond donors (Lipinski definition) is 1. The molecule has 0 spiro atoms. The predicted molar refractivity (Wildman–Crippen MR) is 91.2 cm³/mol. The Bertz CT molecular complexity index is 880. The zero-order valence-corrected chi connectivity index (χ0v) is 14.3. The summed E-state index contributed by atoms with van der Waals surface area (Å²) in [6.07, 6.45) is 0. The third-order valence-corrected chi connectivity index (χ3v) is 5.47. The van der Waals surface area contributed by atoms with Gasteiger partial charge in [-0.3, -0.25) is 0 Å². The van der Waals surface area contributed by atoms with Crippen LogP contribution in [0.4, 0.5) is 5.88 Å². The molecule has 0 fully saturated rings. The molecule has 0 aliphatic heterocycles. The van der Waals surface area contributed by atoms with Gasteiger partial charge in [-0.05, 0) is 35.1 Å². The van der Waals surface area contributed by atoms with Crippen LogP contribution in [0.2, 0.25) is 0 Å². The van der Waals surface area contributed by atoms with E-state index in [9.17, 15) is 8.42 Å². The van der Waals surface area contributed by atoms with Crippen molar-refractivity contribution in [3.8, 4) is 11.3 Å². The van der Waals surface area contributed by atoms with Crippen molar-refractivity contribution >= 4 is 27.2 Å². The number of nitrogens with zero attached hydrogens (tertiary/aromatic N) is 1. The highest BCUT2D eigenvalue weighted by atomic mass is 32.2. The van der Waals surface area contributed by atoms with Crippen LogP contribution >= 0.6 is 11.3 Å². The standard InChI is InChI=1S/C16H16N2O3S2/c1-11(2)12-3-5-14(6-4-12)23(19,20)18-16-9-15(17-21-16)13-7-8-22-10-13/h3-11,18H,1-2H3. The van der Waals surface area contributed by atoms with E-state index in [0.717, 1.165) is 11.1 Å². The molecule has 0 bridgehead atoms. The molecule has 7 heteroatoms. The van der Waals surface area contributed by atoms with E-state index in [2.05, 4.69) is 23.7 Å². The molecule has 2 aromatic heterocycles. The van der Waals surface area contributed by atoms with Crippen molar-refractivity contribution in [1.29, 1.82) is 0 Å². The van der Waals surface area contributed by atoms with Crippen LogP contribution in [0.15, 0.2) is 56.6 Å². The van der Waals surface area contributed by atoms with Crippen molar-refractivity contribution in [2.24, 2.45) is 0 Å². The maximum Gasteiger partial charge on any atom is 0.264 e. The largest absolute Gasteiger partial charge is 0.337 e. The van der Waals surface area contributed by atoms with Crippen LogP contribution in [0.3, 0.4) is 0 Å². The lowest BCUT2D eigenvalue weighted by atomic mass is 10.0. The van der Waals surface area contributed by atoms with Crippen LogP contribution in [0, 0.1) is 0 Å². The fourth-order valence-electron chi connectivity index (χ4n) is 2.09. The molecule has 0 aliphatic carbocycles. The summed E-state index contributed by atoms with van der Waals surface area (Å²) in [6, 6.07) is 10.3. The van der Waals surface area contributed by atoms with E-state index in [1.165, 1.54) is 11.3 Å². The molecular weight excluding hydrogens is 332 g/mol. The van der Waals surface area contributed by atoms with Crippen molar-refractivity contribution in [3.05, 3.63) is 52.7 Å². The third kappa shape index (κ3) is 3.46. The van der Waals surface area contributed by atoms with Gasteiger partial charge in [0.2, 0.25) is 5.88 Å². The van der Waals surface area contributed by atoms with Gasteiger partial charge < -0.3 is 4.52 Å². The predicted octanol–water partition coefficient (Wildman–Crippen LogP) is 4.33. The molecule has 0 atom stereocenters. The maximum absolute atomic E-state index is 12.4. The zero-order valence-electron chi connectivity index (χ0n) is 12.7. The summed E-state index contributed by atoms with van der Waals surface area (Å²) in [4.78, 5) is 0.190. The molecular formula is C16H16N2O3S2. The van der Waals surface area contributed by atoms with Gasteiger partial charge in [0.05, 0.1) is 4.90 Å². The fraction of sp³-hybridized carbons (Fsp3) is 0.188. The number of aromatic nitrogens is 1. The lowest BCUT2D eigenvalue weighted by molar-refractivity contribution is 0.438. The molecule has 1 N–H and O–H groups in total. The van der Waals surface area contributed by atoms with Crippen molar-refractivity contribution < 1.29 is 12.9 Å². The van der Waals surface area contributed by atoms with Crippen LogP contribution in [0.1, 0.15) is 25.3 Å². The van der Waals surface area contributed by atoms with Crippen molar-refractivity contribution in [2.45, 2.75) is 24.7 Å². The minimum absolute atomic E-state index is 0.0964. The molecule has 0 saturated carbocycles. The Labute approximate surface area is 139 Å². The lowest BCUT2D eigenvalue weighted by Gasteiger charge is -2.08. The highest BCUT2D eigenvalue weighted by Gasteiger charge is 2.17. The zero-order chi connectivity index (χ0) is 16.4. The van der Waals surface area contributed by atoms with Crippen LogP contribution in [-0.4, -0.2) is 13.6 Å². The maximum atomic E-state index is 12.4. The SMILES string of the molecule is CC(C)c1ccc(S(=O)(=O)Nc2cc(-c3ccsc3)no2)cc1. The van der Waals surface area contributed by atoms with Crippen LogP contribution in [-0.2, 0) is 10.0 Å². The second-order valence-electron chi connectivity index (χ2n) is 5.42. The summed E-state index contributed by atoms with van der Waals surface area (Å²) in [5.74, 6) is 0.446. The van der Waals surface area contributed by atoms with Crippen LogP contribution in [0.25, 0.3) is 11.3 Å². The molecule has 0 radical (unpaired) electrons. The molecule has 0 unspecified atom stereocenters. The second-order valence-corrected chi connectivity index (χ2v) is 7.88. The highest BCUT2D eigenvalue weighted by molar-refractivity contribution is 7.92. The Morgan fingerprint density at radius 1 is 1.17 bits per heavy atom. The van der Waals surface area contributed by atoms with Gasteiger partial charge in [-0.1, -0.05) is 31.1 Å². The molecule has 3 rings (SSSR count). The monoisotopic (exact) mass is 348 g/mol. The molecule has 23 heavy (non-hydrogen) atoms. The van der Waals surface area contributed by atoms with E-state index in [0.29, 0.717) is 11.6 Å². The van der Waals surface area contributed by atoms with Gasteiger partial charge >= 0.3 is 0 Å². The fourth-order valence-corrected chi connectivity index (χ4v) is 3.72. The molecule has 120 valence electrons. The van der Waals surface area contributed by atoms with Gasteiger partial charge in [0.25, 0.3) is 10.0 Å². The average Bonchev–Trinajstić information content (AvgIpc) is 3.18. The van der Waals surface area contributed by atoms with E-state index in [-0.39, 0.29) is 10.8 Å². The smallest absolute Gasteiger partial charge is 0.264 e. The Balaban J connectivity index is 1.81. The van der Waals surface area contributed by atoms with Crippen molar-refractivity contribution in [3.63, 3.8) is 0 Å². The summed E-state index contributed by atoms with van der Waals surface area (Å²) in [6.45, 7) is 4.12. The Hall–Kier alpha value is -2.12. The number of thiophene rings is 1. The van der Waals surface area contributed by atoms with Gasteiger partial charge in [0, 0.05) is 17.0 Å². The van der Waals surface area contributed by atoms with Crippen LogP contribution in [0.5, 0.6) is 0 Å². The first-order chi connectivity index (χ1) is 11.0. The van der Waals surface area contributed by atoms with Crippen LogP contribution < -0.4 is 4.72 Å². The van der Waals surface area contributed by atoms with E-state index in [1.54, 1.807) is 18.2 Å². The van der Waals surface area contributed by atoms with Crippen molar-refractivity contribution in [1.82, 2.24) is 5.16 Å². The normalized spacial score (nSPS) is 11.8. The Morgan fingerprint density at radius 2 is 1.91 bits per heavy atom. The molecule has 0 saturated heterocycles. The lowest BCUT2D eigenvalue weighted by Crippen LogP contribution is -2.12. The molecule has 1 aromatic carbocycles. The molecule has 5 nitrogen and oxygen atoms in total. The van der Waals surface area contributed by atoms with Gasteiger partial charge in [-0.2, -0.15) is 11.3 Å². The van der Waals surface area contributed by atoms with Gasteiger partial charge in [-0.15, -0.1) is 0 Å². The summed E-state index contributed by atoms with van der Waals surface area (Å²) in [5, 5.41) is 7.72. The molecule has 2 heterocycles. The van der Waals surface area contributed by atoms with Crippen molar-refractivity contribution in [2.75, 3.05) is 4.72 Å². The third-order valence-electron chi connectivity index (χ3n) is 3.42. The topological polar surface area (TPSA) is 72.2 Å². The first-order valence-corrected chi connectivity index (χ1v) is 9.50. The number of sulfonamides is 1. The molecule has 3 aromatic rings. The first kappa shape index (κ1) is 15.8. The quantitative estimate of drug-likeness (QED) is 0.745. The summed E-state index contributed by atoms with van der Waals surface area (Å²) >= 11 is 1.54. The average molecular weight is 348 g/mol. The Morgan fingerprint density at radius 3 is 2.52 bits per heavy atom. The minimum Gasteiger partial charge on any atom is -0.337 e. The highest BCUT2D eigenvalue weighted by Crippen LogP contribution is 2.25. The number of anilines is 1. The number of nitrogens with one attached hydrogen (secondary N) is 1.